The van der Waals surface area contributed by atoms with Crippen LogP contribution in [0.15, 0.2) is 48.5 Å². The van der Waals surface area contributed by atoms with Crippen molar-refractivity contribution in [3.05, 3.63) is 54.1 Å². The number of primary amides is 1. The molecule has 0 fully saturated rings. The van der Waals surface area contributed by atoms with Crippen LogP contribution in [-0.2, 0) is 11.2 Å². The number of nitrogens with zero attached hydrogens (tertiary/aromatic N) is 1. The molecule has 4 N–H and O–H groups in total. The molecular formula is C17H21N3O. The fourth-order valence-corrected chi connectivity index (χ4v) is 2.48. The number of carbonyl (C=O) groups excluding carboxylic acids is 1. The van der Waals surface area contributed by atoms with Crippen LogP contribution >= 0.6 is 0 Å². The van der Waals surface area contributed by atoms with Crippen molar-refractivity contribution in [2.24, 2.45) is 5.73 Å². The van der Waals surface area contributed by atoms with E-state index in [0.717, 1.165) is 16.9 Å². The third kappa shape index (κ3) is 3.34. The van der Waals surface area contributed by atoms with Gasteiger partial charge in [-0.2, -0.15) is 0 Å². The van der Waals surface area contributed by atoms with Crippen LogP contribution in [-0.4, -0.2) is 11.9 Å². The maximum atomic E-state index is 11.3. The average Bonchev–Trinajstić information content (AvgIpc) is 2.42. The smallest absolute Gasteiger partial charge is 0.221 e. The second-order valence-corrected chi connectivity index (χ2v) is 5.29. The van der Waals surface area contributed by atoms with Crippen molar-refractivity contribution in [2.75, 3.05) is 10.6 Å². The van der Waals surface area contributed by atoms with Crippen molar-refractivity contribution >= 4 is 23.0 Å². The number of anilines is 3. The molecule has 110 valence electrons. The van der Waals surface area contributed by atoms with Crippen LogP contribution in [0.2, 0.25) is 0 Å². The van der Waals surface area contributed by atoms with E-state index in [2.05, 4.69) is 18.7 Å². The Bertz CT molecular complexity index is 637. The predicted molar refractivity (Wildman–Crippen MR) is 87.5 cm³/mol. The summed E-state index contributed by atoms with van der Waals surface area (Å²) in [6.07, 6.45) is 0.214. The van der Waals surface area contributed by atoms with Gasteiger partial charge in [-0.3, -0.25) is 4.79 Å². The summed E-state index contributed by atoms with van der Waals surface area (Å²) in [5.41, 5.74) is 15.0. The highest BCUT2D eigenvalue weighted by atomic mass is 16.1. The fraction of sp³-hybridized carbons (Fsp3) is 0.235. The van der Waals surface area contributed by atoms with Crippen LogP contribution in [0.5, 0.6) is 0 Å². The summed E-state index contributed by atoms with van der Waals surface area (Å²) in [6, 6.07) is 15.7. The lowest BCUT2D eigenvalue weighted by molar-refractivity contribution is -0.117. The van der Waals surface area contributed by atoms with Gasteiger partial charge in [-0.25, -0.2) is 0 Å². The minimum atomic E-state index is -0.341. The van der Waals surface area contributed by atoms with Gasteiger partial charge in [0.1, 0.15) is 0 Å². The summed E-state index contributed by atoms with van der Waals surface area (Å²) >= 11 is 0. The van der Waals surface area contributed by atoms with Crippen molar-refractivity contribution in [2.45, 2.75) is 26.3 Å². The average molecular weight is 283 g/mol. The Balaban J connectivity index is 2.54. The third-order valence-corrected chi connectivity index (χ3v) is 3.33. The van der Waals surface area contributed by atoms with Crippen molar-refractivity contribution in [1.82, 2.24) is 0 Å². The normalized spacial score (nSPS) is 10.6. The van der Waals surface area contributed by atoms with Gasteiger partial charge in [0.25, 0.3) is 0 Å². The lowest BCUT2D eigenvalue weighted by Crippen LogP contribution is -2.28. The molecule has 0 spiro atoms. The van der Waals surface area contributed by atoms with Gasteiger partial charge in [0, 0.05) is 11.7 Å². The summed E-state index contributed by atoms with van der Waals surface area (Å²) in [5, 5.41) is 0. The number of carbonyl (C=O) groups is 1. The largest absolute Gasteiger partial charge is 0.397 e. The van der Waals surface area contributed by atoms with Crippen LogP contribution in [0.25, 0.3) is 0 Å². The first-order valence-electron chi connectivity index (χ1n) is 7.00. The van der Waals surface area contributed by atoms with Crippen molar-refractivity contribution in [3.8, 4) is 0 Å². The molecule has 21 heavy (non-hydrogen) atoms. The standard InChI is InChI=1S/C17H21N3O/c1-12(2)20(16-10-6-4-8-14(16)18)15-9-5-3-7-13(15)11-17(19)21/h3-10,12H,11,18H2,1-2H3,(H2,19,21). The van der Waals surface area contributed by atoms with Gasteiger partial charge < -0.3 is 16.4 Å². The fourth-order valence-electron chi connectivity index (χ4n) is 2.48. The zero-order chi connectivity index (χ0) is 15.4. The summed E-state index contributed by atoms with van der Waals surface area (Å²) in [7, 11) is 0. The van der Waals surface area contributed by atoms with E-state index < -0.39 is 0 Å². The SMILES string of the molecule is CC(C)N(c1ccccc1N)c1ccccc1CC(N)=O. The second kappa shape index (κ2) is 6.31. The van der Waals surface area contributed by atoms with Crippen LogP contribution in [0.1, 0.15) is 19.4 Å². The van der Waals surface area contributed by atoms with E-state index in [9.17, 15) is 4.79 Å². The molecule has 1 amide bonds. The van der Waals surface area contributed by atoms with Gasteiger partial charge in [0.2, 0.25) is 5.91 Å². The van der Waals surface area contributed by atoms with Crippen LogP contribution in [0.4, 0.5) is 17.1 Å². The van der Waals surface area contributed by atoms with Crippen molar-refractivity contribution in [3.63, 3.8) is 0 Å². The highest BCUT2D eigenvalue weighted by Gasteiger charge is 2.18. The number of nitrogens with two attached hydrogens (primary N) is 2. The minimum Gasteiger partial charge on any atom is -0.397 e. The first kappa shape index (κ1) is 14.9. The number of nitrogen functional groups attached to an aromatic ring is 1. The monoisotopic (exact) mass is 283 g/mol. The Morgan fingerprint density at radius 2 is 1.62 bits per heavy atom. The zero-order valence-electron chi connectivity index (χ0n) is 12.4. The maximum absolute atomic E-state index is 11.3. The van der Waals surface area contributed by atoms with Gasteiger partial charge in [-0.1, -0.05) is 30.3 Å². The number of para-hydroxylation sites is 3. The van der Waals surface area contributed by atoms with Gasteiger partial charge in [0.15, 0.2) is 0 Å². The zero-order valence-corrected chi connectivity index (χ0v) is 12.4. The molecule has 0 saturated carbocycles. The molecule has 0 saturated heterocycles. The maximum Gasteiger partial charge on any atom is 0.221 e. The van der Waals surface area contributed by atoms with E-state index in [1.54, 1.807) is 0 Å². The molecule has 0 aliphatic heterocycles. The molecule has 0 bridgehead atoms. The highest BCUT2D eigenvalue weighted by Crippen LogP contribution is 2.34. The number of hydrogen-bond donors (Lipinski definition) is 2. The number of rotatable bonds is 5. The molecule has 2 aromatic carbocycles. The molecule has 0 heterocycles. The van der Waals surface area contributed by atoms with E-state index in [-0.39, 0.29) is 18.4 Å². The molecule has 0 aromatic heterocycles. The molecule has 0 aliphatic rings. The minimum absolute atomic E-state index is 0.198. The molecule has 4 nitrogen and oxygen atoms in total. The molecule has 0 unspecified atom stereocenters. The quantitative estimate of drug-likeness (QED) is 0.829. The number of amides is 1. The Labute approximate surface area is 125 Å². The van der Waals surface area contributed by atoms with E-state index in [0.29, 0.717) is 5.69 Å². The van der Waals surface area contributed by atoms with Gasteiger partial charge in [-0.05, 0) is 37.6 Å². The van der Waals surface area contributed by atoms with Gasteiger partial charge >= 0.3 is 0 Å². The number of hydrogen-bond acceptors (Lipinski definition) is 3. The van der Waals surface area contributed by atoms with Gasteiger partial charge in [-0.15, -0.1) is 0 Å². The van der Waals surface area contributed by atoms with E-state index in [4.69, 9.17) is 11.5 Å². The molecule has 4 heteroatoms. The molecule has 0 atom stereocenters. The Morgan fingerprint density at radius 3 is 2.19 bits per heavy atom. The van der Waals surface area contributed by atoms with Crippen molar-refractivity contribution in [1.29, 1.82) is 0 Å². The van der Waals surface area contributed by atoms with E-state index >= 15 is 0 Å². The van der Waals surface area contributed by atoms with Crippen LogP contribution in [0, 0.1) is 0 Å². The summed E-state index contributed by atoms with van der Waals surface area (Å²) in [6.45, 7) is 4.18. The summed E-state index contributed by atoms with van der Waals surface area (Å²) in [5.74, 6) is -0.341. The second-order valence-electron chi connectivity index (χ2n) is 5.29. The van der Waals surface area contributed by atoms with Crippen LogP contribution in [0.3, 0.4) is 0 Å². The Hall–Kier alpha value is -2.49. The van der Waals surface area contributed by atoms with E-state index in [1.165, 1.54) is 0 Å². The summed E-state index contributed by atoms with van der Waals surface area (Å²) < 4.78 is 0. The highest BCUT2D eigenvalue weighted by molar-refractivity contribution is 5.82. The number of benzene rings is 2. The van der Waals surface area contributed by atoms with E-state index in [1.807, 2.05) is 48.5 Å². The molecule has 2 rings (SSSR count). The first-order chi connectivity index (χ1) is 10.0. The predicted octanol–water partition coefficient (Wildman–Crippen LogP) is 2.84. The Kier molecular flexibility index (Phi) is 4.48. The summed E-state index contributed by atoms with van der Waals surface area (Å²) in [4.78, 5) is 13.4. The lowest BCUT2D eigenvalue weighted by atomic mass is 10.1. The topological polar surface area (TPSA) is 72.3 Å². The van der Waals surface area contributed by atoms with Crippen LogP contribution < -0.4 is 16.4 Å². The molecule has 0 aliphatic carbocycles. The first-order valence-corrected chi connectivity index (χ1v) is 7.00. The Morgan fingerprint density at radius 1 is 1.05 bits per heavy atom. The van der Waals surface area contributed by atoms with Crippen molar-refractivity contribution < 1.29 is 4.79 Å². The lowest BCUT2D eigenvalue weighted by Gasteiger charge is -2.32. The molecular weight excluding hydrogens is 262 g/mol. The molecule has 2 aromatic rings. The molecule has 0 radical (unpaired) electrons. The third-order valence-electron chi connectivity index (χ3n) is 3.33. The van der Waals surface area contributed by atoms with Gasteiger partial charge in [0.05, 0.1) is 17.8 Å².